The number of nitrogens with one attached hydrogen (secondary N) is 1. The fourth-order valence-electron chi connectivity index (χ4n) is 4.08. The largest absolute Gasteiger partial charge is 0.433 e. The lowest BCUT2D eigenvalue weighted by molar-refractivity contribution is -0.177. The highest BCUT2D eigenvalue weighted by Gasteiger charge is 2.50. The number of benzene rings is 1. The quantitative estimate of drug-likeness (QED) is 0.475. The summed E-state index contributed by atoms with van der Waals surface area (Å²) in [5.74, 6) is -0.543. The number of carbonyl (C=O) groups is 3. The van der Waals surface area contributed by atoms with Gasteiger partial charge in [0.05, 0.1) is 7.11 Å². The zero-order valence-corrected chi connectivity index (χ0v) is 21.4. The minimum absolute atomic E-state index is 0.401. The van der Waals surface area contributed by atoms with E-state index in [1.807, 2.05) is 19.9 Å². The van der Waals surface area contributed by atoms with Gasteiger partial charge in [-0.25, -0.2) is 19.6 Å². The van der Waals surface area contributed by atoms with E-state index >= 15 is 0 Å². The SMILES string of the molecule is CC.CON(C)C(=O)C1OC(=O)N(C(=O)NCCCN2CCC(C)(C)CC2)C1c1ccccc1. The number of hydroxylamine groups is 2. The van der Waals surface area contributed by atoms with Crippen molar-refractivity contribution >= 4 is 18.0 Å². The van der Waals surface area contributed by atoms with Crippen molar-refractivity contribution in [3.05, 3.63) is 35.9 Å². The first kappa shape index (κ1) is 27.6. The number of piperidine rings is 1. The monoisotopic (exact) mass is 476 g/mol. The number of urea groups is 1. The first-order chi connectivity index (χ1) is 16.2. The molecule has 1 N–H and O–H groups in total. The highest BCUT2D eigenvalue weighted by Crippen LogP contribution is 2.34. The van der Waals surface area contributed by atoms with E-state index in [0.717, 1.165) is 36.0 Å². The fourth-order valence-corrected chi connectivity index (χ4v) is 4.08. The lowest BCUT2D eigenvalue weighted by Gasteiger charge is -2.36. The van der Waals surface area contributed by atoms with E-state index in [2.05, 4.69) is 24.1 Å². The molecule has 2 fully saturated rings. The van der Waals surface area contributed by atoms with Crippen molar-refractivity contribution in [3.8, 4) is 0 Å². The van der Waals surface area contributed by atoms with Crippen molar-refractivity contribution < 1.29 is 24.0 Å². The topological polar surface area (TPSA) is 91.4 Å². The lowest BCUT2D eigenvalue weighted by Crippen LogP contribution is -2.45. The fraction of sp³-hybridized carbons (Fsp3) is 0.640. The maximum absolute atomic E-state index is 12.9. The van der Waals surface area contributed by atoms with E-state index < -0.39 is 30.2 Å². The summed E-state index contributed by atoms with van der Waals surface area (Å²) >= 11 is 0. The van der Waals surface area contributed by atoms with E-state index in [-0.39, 0.29) is 0 Å². The minimum Gasteiger partial charge on any atom is -0.433 e. The second-order valence-electron chi connectivity index (χ2n) is 9.14. The van der Waals surface area contributed by atoms with Gasteiger partial charge >= 0.3 is 12.1 Å². The van der Waals surface area contributed by atoms with Crippen LogP contribution in [0.3, 0.4) is 0 Å². The summed E-state index contributed by atoms with van der Waals surface area (Å²) in [5.41, 5.74) is 1.03. The molecular formula is C25H40N4O5. The molecule has 0 spiro atoms. The number of likely N-dealkylation sites (N-methyl/N-ethyl adjacent to an activating group) is 1. The molecule has 2 heterocycles. The molecule has 9 heteroatoms. The van der Waals surface area contributed by atoms with Crippen LogP contribution in [0.2, 0.25) is 0 Å². The number of carbonyl (C=O) groups excluding carboxylic acids is 3. The van der Waals surface area contributed by atoms with Gasteiger partial charge in [0, 0.05) is 13.6 Å². The number of hydrogen-bond donors (Lipinski definition) is 1. The molecule has 2 saturated heterocycles. The molecule has 3 rings (SSSR count). The first-order valence-electron chi connectivity index (χ1n) is 12.1. The van der Waals surface area contributed by atoms with E-state index in [1.165, 1.54) is 27.0 Å². The third kappa shape index (κ3) is 6.93. The molecule has 190 valence electrons. The van der Waals surface area contributed by atoms with Crippen LogP contribution in [0, 0.1) is 5.41 Å². The predicted octanol–water partition coefficient (Wildman–Crippen LogP) is 3.82. The van der Waals surface area contributed by atoms with Crippen molar-refractivity contribution in [1.29, 1.82) is 0 Å². The normalized spacial score (nSPS) is 21.8. The molecule has 1 aromatic rings. The molecule has 34 heavy (non-hydrogen) atoms. The van der Waals surface area contributed by atoms with Gasteiger partial charge in [-0.3, -0.25) is 9.63 Å². The van der Waals surface area contributed by atoms with E-state index in [0.29, 0.717) is 17.5 Å². The highest BCUT2D eigenvalue weighted by molar-refractivity contribution is 5.97. The number of cyclic esters (lactones) is 1. The number of nitrogens with zero attached hydrogens (tertiary/aromatic N) is 3. The smallest absolute Gasteiger partial charge is 0.419 e. The van der Waals surface area contributed by atoms with Gasteiger partial charge in [-0.2, -0.15) is 0 Å². The Balaban J connectivity index is 0.00000199. The lowest BCUT2D eigenvalue weighted by atomic mass is 9.83. The molecule has 2 unspecified atom stereocenters. The van der Waals surface area contributed by atoms with Gasteiger partial charge < -0.3 is 15.0 Å². The molecule has 0 bridgehead atoms. The molecule has 1 aromatic carbocycles. The van der Waals surface area contributed by atoms with Crippen molar-refractivity contribution in [2.75, 3.05) is 40.3 Å². The first-order valence-corrected chi connectivity index (χ1v) is 12.1. The Kier molecular flexibility index (Phi) is 10.3. The van der Waals surface area contributed by atoms with Crippen molar-refractivity contribution in [1.82, 2.24) is 20.2 Å². The third-order valence-electron chi connectivity index (χ3n) is 6.31. The number of rotatable bonds is 7. The second kappa shape index (κ2) is 12.7. The summed E-state index contributed by atoms with van der Waals surface area (Å²) in [6.07, 6.45) is 1.08. The molecule has 2 aliphatic heterocycles. The molecular weight excluding hydrogens is 436 g/mol. The number of hydrogen-bond acceptors (Lipinski definition) is 6. The van der Waals surface area contributed by atoms with Gasteiger partial charge in [0.25, 0.3) is 5.91 Å². The highest BCUT2D eigenvalue weighted by atomic mass is 16.7. The standard InChI is InChI=1S/C23H34N4O5.C2H6/c1-23(2)11-15-26(16-12-23)14-8-13-24-21(29)27-18(17-9-6-5-7-10-17)19(32-22(27)30)20(28)25(3)31-4;1-2/h5-7,9-10,18-19H,8,11-16H2,1-4H3,(H,24,29);1-2H3. The summed E-state index contributed by atoms with van der Waals surface area (Å²) in [6, 6.07) is 7.48. The molecule has 2 atom stereocenters. The van der Waals surface area contributed by atoms with Gasteiger partial charge in [0.15, 0.2) is 0 Å². The zero-order chi connectivity index (χ0) is 25.3. The van der Waals surface area contributed by atoms with Gasteiger partial charge in [-0.15, -0.1) is 0 Å². The number of imide groups is 1. The Hall–Kier alpha value is -2.65. The Bertz CT molecular complexity index is 807. The molecule has 0 saturated carbocycles. The van der Waals surface area contributed by atoms with Crippen LogP contribution in [0.5, 0.6) is 0 Å². The van der Waals surface area contributed by atoms with Crippen LogP contribution in [0.4, 0.5) is 9.59 Å². The predicted molar refractivity (Wildman–Crippen MR) is 130 cm³/mol. The van der Waals surface area contributed by atoms with E-state index in [1.54, 1.807) is 24.3 Å². The summed E-state index contributed by atoms with van der Waals surface area (Å²) in [6.45, 7) is 12.0. The van der Waals surface area contributed by atoms with E-state index in [9.17, 15) is 14.4 Å². The van der Waals surface area contributed by atoms with E-state index in [4.69, 9.17) is 9.57 Å². The third-order valence-corrected chi connectivity index (χ3v) is 6.31. The van der Waals surface area contributed by atoms with Crippen LogP contribution in [-0.4, -0.2) is 79.3 Å². The summed E-state index contributed by atoms with van der Waals surface area (Å²) in [4.78, 5) is 46.6. The Morgan fingerprint density at radius 2 is 1.79 bits per heavy atom. The summed E-state index contributed by atoms with van der Waals surface area (Å²) in [7, 11) is 2.78. The molecule has 4 amide bonds. The minimum atomic E-state index is -1.18. The van der Waals surface area contributed by atoms with Gasteiger partial charge in [0.2, 0.25) is 6.10 Å². The van der Waals surface area contributed by atoms with Crippen LogP contribution in [0.25, 0.3) is 0 Å². The Labute approximate surface area is 203 Å². The van der Waals surface area contributed by atoms with Crippen LogP contribution >= 0.6 is 0 Å². The molecule has 9 nitrogen and oxygen atoms in total. The number of likely N-dealkylation sites (tertiary alicyclic amines) is 1. The maximum atomic E-state index is 12.9. The van der Waals surface area contributed by atoms with Crippen LogP contribution in [0.1, 0.15) is 58.6 Å². The van der Waals surface area contributed by atoms with Crippen molar-refractivity contribution in [3.63, 3.8) is 0 Å². The Morgan fingerprint density at radius 1 is 1.18 bits per heavy atom. The molecule has 0 radical (unpaired) electrons. The average molecular weight is 477 g/mol. The molecule has 0 aliphatic carbocycles. The average Bonchev–Trinajstić information content (AvgIpc) is 3.20. The maximum Gasteiger partial charge on any atom is 0.419 e. The Morgan fingerprint density at radius 3 is 2.38 bits per heavy atom. The van der Waals surface area contributed by atoms with Gasteiger partial charge in [-0.05, 0) is 49.9 Å². The number of amides is 4. The second-order valence-corrected chi connectivity index (χ2v) is 9.14. The summed E-state index contributed by atoms with van der Waals surface area (Å²) < 4.78 is 5.31. The van der Waals surface area contributed by atoms with Crippen LogP contribution < -0.4 is 5.32 Å². The van der Waals surface area contributed by atoms with Crippen molar-refractivity contribution in [2.24, 2.45) is 5.41 Å². The summed E-state index contributed by atoms with van der Waals surface area (Å²) in [5, 5.41) is 3.81. The van der Waals surface area contributed by atoms with Crippen LogP contribution in [0.15, 0.2) is 30.3 Å². The molecule has 0 aromatic heterocycles. The molecule has 2 aliphatic rings. The number of ether oxygens (including phenoxy) is 1. The van der Waals surface area contributed by atoms with Crippen LogP contribution in [-0.2, 0) is 14.4 Å². The van der Waals surface area contributed by atoms with Gasteiger partial charge in [0.1, 0.15) is 6.04 Å². The van der Waals surface area contributed by atoms with Gasteiger partial charge in [-0.1, -0.05) is 58.0 Å². The zero-order valence-electron chi connectivity index (χ0n) is 21.4. The van der Waals surface area contributed by atoms with Crippen molar-refractivity contribution in [2.45, 2.75) is 59.1 Å².